The number of hydrogen-bond acceptors (Lipinski definition) is 2. The van der Waals surface area contributed by atoms with Crippen molar-refractivity contribution in [3.8, 4) is 0 Å². The lowest BCUT2D eigenvalue weighted by Crippen LogP contribution is -2.32. The Hall–Kier alpha value is -0.530. The number of nitrogens with two attached hydrogens (primary N) is 1. The third-order valence-electron chi connectivity index (χ3n) is 3.13. The molecule has 0 radical (unpaired) electrons. The van der Waals surface area contributed by atoms with Gasteiger partial charge in [0.2, 0.25) is 0 Å². The molecule has 0 aromatic carbocycles. The zero-order valence-corrected chi connectivity index (χ0v) is 7.09. The van der Waals surface area contributed by atoms with Crippen molar-refractivity contribution in [1.29, 1.82) is 0 Å². The predicted octanol–water partition coefficient (Wildman–Crippen LogP) is 1.55. The Morgan fingerprint density at radius 2 is 2.27 bits per heavy atom. The average Bonchev–Trinajstić information content (AvgIpc) is 2.34. The first kappa shape index (κ1) is 7.14. The number of fused-ring (bicyclic) bond motifs is 1. The minimum Gasteiger partial charge on any atom is -0.387 e. The fourth-order valence-corrected chi connectivity index (χ4v) is 2.54. The van der Waals surface area contributed by atoms with E-state index in [0.29, 0.717) is 6.04 Å². The summed E-state index contributed by atoms with van der Waals surface area (Å²) in [5.41, 5.74) is 5.73. The molecule has 1 aliphatic carbocycles. The Kier molecular flexibility index (Phi) is 1.63. The lowest BCUT2D eigenvalue weighted by Gasteiger charge is -2.28. The third kappa shape index (κ3) is 1.15. The molecule has 0 aromatic rings. The normalized spacial score (nSPS) is 43.4. The first-order chi connectivity index (χ1) is 5.27. The van der Waals surface area contributed by atoms with Gasteiger partial charge in [-0.1, -0.05) is 13.3 Å². The molecule has 0 bridgehead atoms. The Bertz CT molecular complexity index is 186. The van der Waals surface area contributed by atoms with E-state index in [-0.39, 0.29) is 0 Å². The zero-order valence-electron chi connectivity index (χ0n) is 7.09. The van der Waals surface area contributed by atoms with Crippen LogP contribution in [0.25, 0.3) is 0 Å². The van der Waals surface area contributed by atoms with Crippen LogP contribution in [0.15, 0.2) is 4.99 Å². The fourth-order valence-electron chi connectivity index (χ4n) is 2.54. The van der Waals surface area contributed by atoms with Gasteiger partial charge in [0.1, 0.15) is 0 Å². The molecule has 11 heavy (non-hydrogen) atoms. The van der Waals surface area contributed by atoms with Crippen LogP contribution in [0.1, 0.15) is 32.6 Å². The summed E-state index contributed by atoms with van der Waals surface area (Å²) in [5.74, 6) is 2.52. The highest BCUT2D eigenvalue weighted by atomic mass is 14.9. The van der Waals surface area contributed by atoms with Crippen molar-refractivity contribution in [2.75, 3.05) is 0 Å². The smallest absolute Gasteiger partial charge is 0.0943 e. The summed E-state index contributed by atoms with van der Waals surface area (Å²) in [6, 6.07) is 0.582. The van der Waals surface area contributed by atoms with E-state index in [1.54, 1.807) is 0 Å². The van der Waals surface area contributed by atoms with Crippen molar-refractivity contribution in [1.82, 2.24) is 0 Å². The van der Waals surface area contributed by atoms with Gasteiger partial charge in [-0.15, -0.1) is 0 Å². The van der Waals surface area contributed by atoms with Gasteiger partial charge in [0.15, 0.2) is 0 Å². The van der Waals surface area contributed by atoms with E-state index in [1.165, 1.54) is 19.3 Å². The van der Waals surface area contributed by atoms with Crippen LogP contribution in [0.2, 0.25) is 0 Å². The second-order valence-electron chi connectivity index (χ2n) is 3.96. The predicted molar refractivity (Wildman–Crippen MR) is 46.5 cm³/mol. The quantitative estimate of drug-likeness (QED) is 0.562. The van der Waals surface area contributed by atoms with Gasteiger partial charge in [-0.05, 0) is 24.7 Å². The molecule has 1 fully saturated rings. The van der Waals surface area contributed by atoms with Gasteiger partial charge >= 0.3 is 0 Å². The molecule has 0 amide bonds. The molecule has 3 atom stereocenters. The van der Waals surface area contributed by atoms with Crippen LogP contribution in [-0.2, 0) is 0 Å². The van der Waals surface area contributed by atoms with Gasteiger partial charge in [0.05, 0.1) is 11.9 Å². The molecule has 0 unspecified atom stereocenters. The molecular formula is C9H16N2. The summed E-state index contributed by atoms with van der Waals surface area (Å²) >= 11 is 0. The first-order valence-electron chi connectivity index (χ1n) is 4.59. The zero-order chi connectivity index (χ0) is 7.84. The van der Waals surface area contributed by atoms with Gasteiger partial charge in [0.25, 0.3) is 0 Å². The first-order valence-corrected chi connectivity index (χ1v) is 4.59. The average molecular weight is 152 g/mol. The second kappa shape index (κ2) is 2.50. The van der Waals surface area contributed by atoms with Gasteiger partial charge in [0, 0.05) is 6.42 Å². The van der Waals surface area contributed by atoms with Crippen molar-refractivity contribution in [3.05, 3.63) is 0 Å². The van der Waals surface area contributed by atoms with Crippen LogP contribution in [-0.4, -0.2) is 11.9 Å². The minimum absolute atomic E-state index is 0.582. The summed E-state index contributed by atoms with van der Waals surface area (Å²) in [7, 11) is 0. The third-order valence-corrected chi connectivity index (χ3v) is 3.13. The lowest BCUT2D eigenvalue weighted by molar-refractivity contribution is 0.325. The summed E-state index contributed by atoms with van der Waals surface area (Å²) in [6.07, 6.45) is 5.04. The molecule has 2 aliphatic rings. The van der Waals surface area contributed by atoms with E-state index in [9.17, 15) is 0 Å². The van der Waals surface area contributed by atoms with Crippen LogP contribution in [0.3, 0.4) is 0 Å². The van der Waals surface area contributed by atoms with E-state index in [0.717, 1.165) is 24.1 Å². The standard InChI is InChI=1S/C9H16N2/c1-6-5-9(10)11-8-4-2-3-7(6)8/h6-8H,2-5H2,1H3,(H2,10,11)/t6-,7-,8-/m0/s1. The van der Waals surface area contributed by atoms with E-state index in [4.69, 9.17) is 5.73 Å². The van der Waals surface area contributed by atoms with E-state index < -0.39 is 0 Å². The second-order valence-corrected chi connectivity index (χ2v) is 3.96. The van der Waals surface area contributed by atoms with Crippen molar-refractivity contribution in [2.45, 2.75) is 38.6 Å². The Labute approximate surface area is 67.9 Å². The summed E-state index contributed by atoms with van der Waals surface area (Å²) in [4.78, 5) is 4.49. The molecule has 2 nitrogen and oxygen atoms in total. The highest BCUT2D eigenvalue weighted by molar-refractivity contribution is 5.81. The Balaban J connectivity index is 2.18. The molecule has 2 rings (SSSR count). The van der Waals surface area contributed by atoms with Crippen LogP contribution >= 0.6 is 0 Å². The Morgan fingerprint density at radius 3 is 3.09 bits per heavy atom. The van der Waals surface area contributed by atoms with Crippen molar-refractivity contribution in [3.63, 3.8) is 0 Å². The van der Waals surface area contributed by atoms with E-state index in [2.05, 4.69) is 11.9 Å². The fraction of sp³-hybridized carbons (Fsp3) is 0.889. The van der Waals surface area contributed by atoms with Crippen molar-refractivity contribution >= 4 is 5.84 Å². The molecule has 2 heteroatoms. The number of hydrogen-bond donors (Lipinski definition) is 1. The van der Waals surface area contributed by atoms with Gasteiger partial charge in [-0.25, -0.2) is 0 Å². The van der Waals surface area contributed by atoms with Crippen molar-refractivity contribution in [2.24, 2.45) is 22.6 Å². The molecule has 1 aliphatic heterocycles. The molecule has 1 saturated carbocycles. The largest absolute Gasteiger partial charge is 0.387 e. The van der Waals surface area contributed by atoms with Gasteiger partial charge in [-0.2, -0.15) is 0 Å². The van der Waals surface area contributed by atoms with Gasteiger partial charge in [-0.3, -0.25) is 4.99 Å². The maximum atomic E-state index is 5.73. The van der Waals surface area contributed by atoms with E-state index >= 15 is 0 Å². The molecule has 0 aromatic heterocycles. The van der Waals surface area contributed by atoms with Crippen LogP contribution in [0.4, 0.5) is 0 Å². The molecule has 1 heterocycles. The topological polar surface area (TPSA) is 38.4 Å². The Morgan fingerprint density at radius 1 is 1.45 bits per heavy atom. The number of rotatable bonds is 0. The van der Waals surface area contributed by atoms with Crippen LogP contribution in [0.5, 0.6) is 0 Å². The number of amidine groups is 1. The maximum Gasteiger partial charge on any atom is 0.0943 e. The number of aliphatic imine (C=N–C) groups is 1. The summed E-state index contributed by atoms with van der Waals surface area (Å²) in [5, 5.41) is 0. The van der Waals surface area contributed by atoms with E-state index in [1.807, 2.05) is 0 Å². The monoisotopic (exact) mass is 152 g/mol. The summed E-state index contributed by atoms with van der Waals surface area (Å²) in [6.45, 7) is 2.31. The molecule has 2 N–H and O–H groups in total. The maximum absolute atomic E-state index is 5.73. The van der Waals surface area contributed by atoms with Gasteiger partial charge < -0.3 is 5.73 Å². The molecular weight excluding hydrogens is 136 g/mol. The minimum atomic E-state index is 0.582. The van der Waals surface area contributed by atoms with Crippen LogP contribution in [0, 0.1) is 11.8 Å². The molecule has 0 spiro atoms. The lowest BCUT2D eigenvalue weighted by atomic mass is 9.85. The molecule has 0 saturated heterocycles. The SMILES string of the molecule is C[C@H]1CC(N)=N[C@H]2CCC[C@H]21. The summed E-state index contributed by atoms with van der Waals surface area (Å²) < 4.78 is 0. The number of nitrogens with zero attached hydrogens (tertiary/aromatic N) is 1. The van der Waals surface area contributed by atoms with Crippen LogP contribution < -0.4 is 5.73 Å². The van der Waals surface area contributed by atoms with Crippen molar-refractivity contribution < 1.29 is 0 Å². The molecule has 62 valence electrons. The highest BCUT2D eigenvalue weighted by Crippen LogP contribution is 2.37. The highest BCUT2D eigenvalue weighted by Gasteiger charge is 2.34.